The van der Waals surface area contributed by atoms with Crippen molar-refractivity contribution in [3.05, 3.63) is 23.9 Å². The molecular weight excluding hydrogens is 218 g/mol. The molecule has 1 aromatic rings. The van der Waals surface area contributed by atoms with E-state index in [1.54, 1.807) is 0 Å². The Morgan fingerprint density at radius 1 is 1.59 bits per heavy atom. The number of piperidine rings is 1. The predicted molar refractivity (Wildman–Crippen MR) is 64.9 cm³/mol. The van der Waals surface area contributed by atoms with Gasteiger partial charge in [-0.25, -0.2) is 9.78 Å². The fraction of sp³-hybridized carbons (Fsp3) is 0.500. The Balaban J connectivity index is 2.04. The number of ether oxygens (including phenoxy) is 1. The maximum atomic E-state index is 10.7. The number of hydrogen-bond donors (Lipinski definition) is 1. The Labute approximate surface area is 101 Å². The van der Waals surface area contributed by atoms with Crippen molar-refractivity contribution in [2.75, 3.05) is 18.0 Å². The van der Waals surface area contributed by atoms with E-state index in [-0.39, 0.29) is 6.10 Å². The van der Waals surface area contributed by atoms with Crippen molar-refractivity contribution in [1.29, 1.82) is 0 Å². The van der Waals surface area contributed by atoms with Crippen LogP contribution in [0, 0.1) is 6.92 Å². The third-order valence-electron chi connectivity index (χ3n) is 2.86. The molecule has 0 bridgehead atoms. The normalized spacial score (nSPS) is 20.1. The number of amides is 1. The van der Waals surface area contributed by atoms with Crippen LogP contribution in [-0.4, -0.2) is 30.3 Å². The monoisotopic (exact) mass is 235 g/mol. The number of pyridine rings is 1. The highest BCUT2D eigenvalue weighted by atomic mass is 16.6. The first-order chi connectivity index (χ1) is 8.15. The first kappa shape index (κ1) is 11.7. The van der Waals surface area contributed by atoms with Crippen molar-refractivity contribution < 1.29 is 9.53 Å². The quantitative estimate of drug-likeness (QED) is 0.842. The Hall–Kier alpha value is -1.78. The lowest BCUT2D eigenvalue weighted by Crippen LogP contribution is -2.41. The van der Waals surface area contributed by atoms with E-state index in [0.29, 0.717) is 6.54 Å². The molecule has 1 atom stereocenters. The highest BCUT2D eigenvalue weighted by molar-refractivity contribution is 5.64. The van der Waals surface area contributed by atoms with E-state index < -0.39 is 6.09 Å². The largest absolute Gasteiger partial charge is 0.445 e. The molecule has 0 aromatic carbocycles. The molecule has 0 aliphatic carbocycles. The molecule has 1 unspecified atom stereocenters. The van der Waals surface area contributed by atoms with Crippen LogP contribution in [0.2, 0.25) is 0 Å². The lowest BCUT2D eigenvalue weighted by atomic mass is 10.1. The first-order valence-electron chi connectivity index (χ1n) is 5.80. The van der Waals surface area contributed by atoms with Gasteiger partial charge in [-0.15, -0.1) is 0 Å². The molecule has 5 heteroatoms. The van der Waals surface area contributed by atoms with Gasteiger partial charge in [-0.05, 0) is 31.9 Å². The summed E-state index contributed by atoms with van der Waals surface area (Å²) in [5, 5.41) is 0. The van der Waals surface area contributed by atoms with E-state index in [1.165, 1.54) is 0 Å². The van der Waals surface area contributed by atoms with Crippen molar-refractivity contribution in [1.82, 2.24) is 4.98 Å². The van der Waals surface area contributed by atoms with Gasteiger partial charge >= 0.3 is 6.09 Å². The average Bonchev–Trinajstić information content (AvgIpc) is 2.28. The van der Waals surface area contributed by atoms with E-state index in [2.05, 4.69) is 9.88 Å². The smallest absolute Gasteiger partial charge is 0.404 e. The molecule has 2 N–H and O–H groups in total. The van der Waals surface area contributed by atoms with Crippen LogP contribution in [0.15, 0.2) is 18.2 Å². The second-order valence-corrected chi connectivity index (χ2v) is 4.28. The summed E-state index contributed by atoms with van der Waals surface area (Å²) in [6.45, 7) is 3.57. The van der Waals surface area contributed by atoms with Gasteiger partial charge in [0.15, 0.2) is 0 Å². The third-order valence-corrected chi connectivity index (χ3v) is 2.86. The number of carbonyl (C=O) groups is 1. The van der Waals surface area contributed by atoms with Crippen LogP contribution in [0.3, 0.4) is 0 Å². The standard InChI is InChI=1S/C12H17N3O2/c1-9-4-2-6-11(14-9)15-7-3-5-10(8-15)17-12(13)16/h2,4,6,10H,3,5,7-8H2,1H3,(H2,13,16). The second kappa shape index (κ2) is 5.03. The SMILES string of the molecule is Cc1cccc(N2CCCC(OC(N)=O)C2)n1. The van der Waals surface area contributed by atoms with Crippen molar-refractivity contribution in [2.24, 2.45) is 5.73 Å². The van der Waals surface area contributed by atoms with Crippen molar-refractivity contribution >= 4 is 11.9 Å². The Kier molecular flexibility index (Phi) is 3.46. The third kappa shape index (κ3) is 3.09. The zero-order chi connectivity index (χ0) is 12.3. The number of hydrogen-bond acceptors (Lipinski definition) is 4. The number of rotatable bonds is 2. The molecule has 0 radical (unpaired) electrons. The minimum absolute atomic E-state index is 0.122. The van der Waals surface area contributed by atoms with Gasteiger partial charge in [0.05, 0.1) is 6.54 Å². The number of aromatic nitrogens is 1. The van der Waals surface area contributed by atoms with Gasteiger partial charge in [0.1, 0.15) is 11.9 Å². The van der Waals surface area contributed by atoms with Crippen LogP contribution in [0.5, 0.6) is 0 Å². The van der Waals surface area contributed by atoms with Gasteiger partial charge in [-0.3, -0.25) is 0 Å². The van der Waals surface area contributed by atoms with Gasteiger partial charge in [0, 0.05) is 12.2 Å². The molecule has 1 aliphatic heterocycles. The lowest BCUT2D eigenvalue weighted by molar-refractivity contribution is 0.0964. The van der Waals surface area contributed by atoms with Crippen molar-refractivity contribution in [3.8, 4) is 0 Å². The molecule has 5 nitrogen and oxygen atoms in total. The molecular formula is C12H17N3O2. The van der Waals surface area contributed by atoms with E-state index in [4.69, 9.17) is 10.5 Å². The number of aryl methyl sites for hydroxylation is 1. The maximum Gasteiger partial charge on any atom is 0.404 e. The maximum absolute atomic E-state index is 10.7. The topological polar surface area (TPSA) is 68.5 Å². The molecule has 17 heavy (non-hydrogen) atoms. The number of anilines is 1. The fourth-order valence-corrected chi connectivity index (χ4v) is 2.11. The van der Waals surface area contributed by atoms with Crippen LogP contribution >= 0.6 is 0 Å². The second-order valence-electron chi connectivity index (χ2n) is 4.28. The van der Waals surface area contributed by atoms with Crippen LogP contribution < -0.4 is 10.6 Å². The van der Waals surface area contributed by atoms with E-state index >= 15 is 0 Å². The summed E-state index contributed by atoms with van der Waals surface area (Å²) >= 11 is 0. The number of nitrogens with two attached hydrogens (primary N) is 1. The molecule has 2 heterocycles. The van der Waals surface area contributed by atoms with Gasteiger partial charge in [-0.2, -0.15) is 0 Å². The molecule has 1 amide bonds. The van der Waals surface area contributed by atoms with E-state index in [0.717, 1.165) is 30.9 Å². The minimum atomic E-state index is -0.700. The lowest BCUT2D eigenvalue weighted by Gasteiger charge is -2.32. The Bertz CT molecular complexity index is 408. The van der Waals surface area contributed by atoms with Gasteiger partial charge in [-0.1, -0.05) is 6.07 Å². The van der Waals surface area contributed by atoms with Gasteiger partial charge in [0.25, 0.3) is 0 Å². The van der Waals surface area contributed by atoms with Crippen LogP contribution in [0.4, 0.5) is 10.6 Å². The summed E-state index contributed by atoms with van der Waals surface area (Å²) in [7, 11) is 0. The molecule has 1 aliphatic rings. The number of carbonyl (C=O) groups excluding carboxylic acids is 1. The summed E-state index contributed by atoms with van der Waals surface area (Å²) in [4.78, 5) is 17.3. The molecule has 1 fully saturated rings. The zero-order valence-electron chi connectivity index (χ0n) is 9.93. The highest BCUT2D eigenvalue weighted by Crippen LogP contribution is 2.19. The van der Waals surface area contributed by atoms with Crippen LogP contribution in [0.1, 0.15) is 18.5 Å². The summed E-state index contributed by atoms with van der Waals surface area (Å²) < 4.78 is 5.04. The minimum Gasteiger partial charge on any atom is -0.445 e. The molecule has 92 valence electrons. The molecule has 2 rings (SSSR count). The number of nitrogens with zero attached hydrogens (tertiary/aromatic N) is 2. The van der Waals surface area contributed by atoms with Gasteiger partial charge in [0.2, 0.25) is 0 Å². The highest BCUT2D eigenvalue weighted by Gasteiger charge is 2.23. The van der Waals surface area contributed by atoms with E-state index in [1.807, 2.05) is 25.1 Å². The summed E-state index contributed by atoms with van der Waals surface area (Å²) in [5.74, 6) is 0.933. The predicted octanol–water partition coefficient (Wildman–Crippen LogP) is 1.45. The first-order valence-corrected chi connectivity index (χ1v) is 5.80. The van der Waals surface area contributed by atoms with Crippen LogP contribution in [-0.2, 0) is 4.74 Å². The van der Waals surface area contributed by atoms with Crippen molar-refractivity contribution in [2.45, 2.75) is 25.9 Å². The Morgan fingerprint density at radius 3 is 3.12 bits per heavy atom. The fourth-order valence-electron chi connectivity index (χ4n) is 2.11. The van der Waals surface area contributed by atoms with E-state index in [9.17, 15) is 4.79 Å². The molecule has 1 aromatic heterocycles. The molecule has 1 saturated heterocycles. The molecule has 0 spiro atoms. The average molecular weight is 235 g/mol. The van der Waals surface area contributed by atoms with Gasteiger partial charge < -0.3 is 15.4 Å². The van der Waals surface area contributed by atoms with Crippen molar-refractivity contribution in [3.63, 3.8) is 0 Å². The zero-order valence-corrected chi connectivity index (χ0v) is 9.93. The summed E-state index contributed by atoms with van der Waals surface area (Å²) in [6, 6.07) is 5.92. The Morgan fingerprint density at radius 2 is 2.41 bits per heavy atom. The summed E-state index contributed by atoms with van der Waals surface area (Å²) in [5.41, 5.74) is 6.02. The van der Waals surface area contributed by atoms with Crippen LogP contribution in [0.25, 0.3) is 0 Å². The summed E-state index contributed by atoms with van der Waals surface area (Å²) in [6.07, 6.45) is 1.02. The molecule has 0 saturated carbocycles. The number of primary amides is 1.